The number of hydrogen-bond donors (Lipinski definition) is 2. The molecule has 1 fully saturated rings. The minimum atomic E-state index is -0.297. The van der Waals surface area contributed by atoms with Crippen LogP contribution >= 0.6 is 23.8 Å². The van der Waals surface area contributed by atoms with E-state index in [1.807, 2.05) is 6.92 Å². The van der Waals surface area contributed by atoms with Crippen molar-refractivity contribution in [2.45, 2.75) is 25.8 Å². The van der Waals surface area contributed by atoms with Crippen molar-refractivity contribution in [1.82, 2.24) is 5.32 Å². The van der Waals surface area contributed by atoms with Gasteiger partial charge in [-0.15, -0.1) is 0 Å². The Kier molecular flexibility index (Phi) is 2.32. The van der Waals surface area contributed by atoms with E-state index in [0.29, 0.717) is 10.8 Å². The number of thiocarbonyl (C=S) groups is 1. The van der Waals surface area contributed by atoms with Crippen LogP contribution in [0.4, 0.5) is 0 Å². The van der Waals surface area contributed by atoms with Crippen molar-refractivity contribution in [3.05, 3.63) is 22.9 Å². The number of piperidine rings is 1. The van der Waals surface area contributed by atoms with Gasteiger partial charge in [-0.1, -0.05) is 30.7 Å². The van der Waals surface area contributed by atoms with Gasteiger partial charge in [0.05, 0.1) is 16.4 Å². The lowest BCUT2D eigenvalue weighted by atomic mass is 9.72. The second-order valence-corrected chi connectivity index (χ2v) is 4.95. The molecule has 0 radical (unpaired) electrons. The first-order chi connectivity index (χ1) is 6.54. The van der Waals surface area contributed by atoms with E-state index in [0.717, 1.165) is 17.8 Å². The summed E-state index contributed by atoms with van der Waals surface area (Å²) in [7, 11) is 0. The molecule has 0 aromatic carbocycles. The minimum Gasteiger partial charge on any atom is -0.512 e. The third-order valence-corrected chi connectivity index (χ3v) is 3.74. The van der Waals surface area contributed by atoms with Crippen LogP contribution in [0.2, 0.25) is 0 Å². The van der Waals surface area contributed by atoms with Crippen molar-refractivity contribution < 1.29 is 5.11 Å². The summed E-state index contributed by atoms with van der Waals surface area (Å²) in [4.78, 5) is 0.828. The summed E-state index contributed by atoms with van der Waals surface area (Å²) in [5.74, 6) is 0.391. The standard InChI is InChI=1S/C10H12ClNOS/c1-10-5-4-8(14)12-9(10)6(11)2-3-7(10)13/h2-3,9,13H,4-5H2,1H3,(H,12,14). The molecule has 4 heteroatoms. The summed E-state index contributed by atoms with van der Waals surface area (Å²) in [5.41, 5.74) is -0.297. The molecule has 0 spiro atoms. The molecule has 1 saturated heterocycles. The molecule has 0 saturated carbocycles. The fourth-order valence-corrected chi connectivity index (χ4v) is 2.58. The highest BCUT2D eigenvalue weighted by molar-refractivity contribution is 7.80. The topological polar surface area (TPSA) is 32.3 Å². The maximum absolute atomic E-state index is 9.84. The molecule has 2 N–H and O–H groups in total. The second-order valence-electron chi connectivity index (χ2n) is 4.02. The normalized spacial score (nSPS) is 36.7. The van der Waals surface area contributed by atoms with Gasteiger partial charge in [0.25, 0.3) is 0 Å². The number of aliphatic hydroxyl groups is 1. The van der Waals surface area contributed by atoms with Gasteiger partial charge in [0, 0.05) is 5.03 Å². The number of allylic oxidation sites excluding steroid dienone is 2. The zero-order valence-electron chi connectivity index (χ0n) is 7.88. The van der Waals surface area contributed by atoms with E-state index in [-0.39, 0.29) is 11.5 Å². The van der Waals surface area contributed by atoms with Crippen molar-refractivity contribution >= 4 is 28.8 Å². The third kappa shape index (κ3) is 1.35. The fraction of sp³-hybridized carbons (Fsp3) is 0.500. The molecule has 1 aliphatic carbocycles. The smallest absolute Gasteiger partial charge is 0.101 e. The van der Waals surface area contributed by atoms with Gasteiger partial charge < -0.3 is 10.4 Å². The Hall–Kier alpha value is -0.540. The molecule has 14 heavy (non-hydrogen) atoms. The first kappa shape index (κ1) is 9.99. The van der Waals surface area contributed by atoms with Gasteiger partial charge >= 0.3 is 0 Å². The Bertz CT molecular complexity index is 350. The number of halogens is 1. The largest absolute Gasteiger partial charge is 0.512 e. The molecule has 2 unspecified atom stereocenters. The molecular weight excluding hydrogens is 218 g/mol. The molecule has 0 aromatic rings. The Morgan fingerprint density at radius 2 is 2.36 bits per heavy atom. The van der Waals surface area contributed by atoms with Crippen molar-refractivity contribution in [3.8, 4) is 0 Å². The van der Waals surface area contributed by atoms with E-state index in [2.05, 4.69) is 5.32 Å². The van der Waals surface area contributed by atoms with E-state index in [1.54, 1.807) is 12.2 Å². The molecule has 2 atom stereocenters. The average Bonchev–Trinajstić information content (AvgIpc) is 2.16. The Morgan fingerprint density at radius 1 is 1.64 bits per heavy atom. The lowest BCUT2D eigenvalue weighted by Gasteiger charge is -2.43. The summed E-state index contributed by atoms with van der Waals surface area (Å²) in [6.07, 6.45) is 5.05. The number of fused-ring (bicyclic) bond motifs is 1. The maximum Gasteiger partial charge on any atom is 0.101 e. The summed E-state index contributed by atoms with van der Waals surface area (Å²) in [6.45, 7) is 2.01. The average molecular weight is 230 g/mol. The van der Waals surface area contributed by atoms with E-state index >= 15 is 0 Å². The van der Waals surface area contributed by atoms with Gasteiger partial charge in [-0.25, -0.2) is 0 Å². The highest BCUT2D eigenvalue weighted by Crippen LogP contribution is 2.43. The Labute approximate surface area is 93.6 Å². The second kappa shape index (κ2) is 3.24. The van der Waals surface area contributed by atoms with Crippen LogP contribution in [0, 0.1) is 5.41 Å². The molecule has 0 amide bonds. The van der Waals surface area contributed by atoms with Crippen LogP contribution in [-0.2, 0) is 0 Å². The van der Waals surface area contributed by atoms with Crippen LogP contribution in [0.15, 0.2) is 22.9 Å². The predicted octanol–water partition coefficient (Wildman–Crippen LogP) is 2.65. The van der Waals surface area contributed by atoms with Crippen molar-refractivity contribution in [1.29, 1.82) is 0 Å². The zero-order chi connectivity index (χ0) is 10.3. The number of hydrogen-bond acceptors (Lipinski definition) is 2. The van der Waals surface area contributed by atoms with Crippen molar-refractivity contribution in [2.75, 3.05) is 0 Å². The monoisotopic (exact) mass is 229 g/mol. The third-order valence-electron chi connectivity index (χ3n) is 3.08. The van der Waals surface area contributed by atoms with Crippen LogP contribution < -0.4 is 5.32 Å². The van der Waals surface area contributed by atoms with Crippen molar-refractivity contribution in [2.24, 2.45) is 5.41 Å². The lowest BCUT2D eigenvalue weighted by Crippen LogP contribution is -2.52. The van der Waals surface area contributed by atoms with Crippen LogP contribution in [0.5, 0.6) is 0 Å². The quantitative estimate of drug-likeness (QED) is 0.627. The molecule has 0 bridgehead atoms. The first-order valence-electron chi connectivity index (χ1n) is 4.60. The predicted molar refractivity (Wildman–Crippen MR) is 61.5 cm³/mol. The number of nitrogens with one attached hydrogen (secondary N) is 1. The zero-order valence-corrected chi connectivity index (χ0v) is 9.45. The lowest BCUT2D eigenvalue weighted by molar-refractivity contribution is 0.182. The molecule has 1 heterocycles. The summed E-state index contributed by atoms with van der Waals surface area (Å²) in [5, 5.41) is 13.7. The van der Waals surface area contributed by atoms with E-state index in [4.69, 9.17) is 23.8 Å². The van der Waals surface area contributed by atoms with Crippen molar-refractivity contribution in [3.63, 3.8) is 0 Å². The highest BCUT2D eigenvalue weighted by atomic mass is 35.5. The molecule has 76 valence electrons. The summed E-state index contributed by atoms with van der Waals surface area (Å²) in [6, 6.07) is -0.0598. The van der Waals surface area contributed by atoms with Crippen LogP contribution in [0.1, 0.15) is 19.8 Å². The first-order valence-corrected chi connectivity index (χ1v) is 5.39. The van der Waals surface area contributed by atoms with E-state index in [1.165, 1.54) is 0 Å². The van der Waals surface area contributed by atoms with E-state index < -0.39 is 0 Å². The molecule has 0 aromatic heterocycles. The van der Waals surface area contributed by atoms with Gasteiger partial charge in [0.2, 0.25) is 0 Å². The summed E-state index contributed by atoms with van der Waals surface area (Å²) < 4.78 is 0. The van der Waals surface area contributed by atoms with Gasteiger partial charge in [0.15, 0.2) is 0 Å². The number of rotatable bonds is 0. The molecular formula is C10H12ClNOS. The fourth-order valence-electron chi connectivity index (χ4n) is 2.00. The van der Waals surface area contributed by atoms with Crippen LogP contribution in [-0.4, -0.2) is 16.1 Å². The van der Waals surface area contributed by atoms with E-state index in [9.17, 15) is 5.11 Å². The Balaban J connectivity index is 2.39. The number of aliphatic hydroxyl groups excluding tert-OH is 1. The van der Waals surface area contributed by atoms with Gasteiger partial charge in [-0.3, -0.25) is 0 Å². The minimum absolute atomic E-state index is 0.0598. The SMILES string of the molecule is CC12CCC(=S)NC1C(Cl)=CC=C2O. The molecule has 2 nitrogen and oxygen atoms in total. The van der Waals surface area contributed by atoms with Crippen LogP contribution in [0.25, 0.3) is 0 Å². The maximum atomic E-state index is 9.84. The van der Waals surface area contributed by atoms with Crippen LogP contribution in [0.3, 0.4) is 0 Å². The Morgan fingerprint density at radius 3 is 3.07 bits per heavy atom. The molecule has 2 aliphatic rings. The molecule has 2 rings (SSSR count). The summed E-state index contributed by atoms with van der Waals surface area (Å²) >= 11 is 11.2. The van der Waals surface area contributed by atoms with Gasteiger partial charge in [-0.2, -0.15) is 0 Å². The highest BCUT2D eigenvalue weighted by Gasteiger charge is 2.44. The molecule has 1 aliphatic heterocycles. The van der Waals surface area contributed by atoms with Gasteiger partial charge in [0.1, 0.15) is 5.76 Å². The van der Waals surface area contributed by atoms with Gasteiger partial charge in [-0.05, 0) is 25.0 Å².